The summed E-state index contributed by atoms with van der Waals surface area (Å²) in [5.74, 6) is 1.31. The van der Waals surface area contributed by atoms with E-state index in [4.69, 9.17) is 4.74 Å². The number of nitrogens with one attached hydrogen (secondary N) is 1. The number of rotatable bonds is 6. The fourth-order valence-electron chi connectivity index (χ4n) is 4.01. The molecule has 184 valence electrons. The number of nitrogens with zero attached hydrogens (tertiary/aromatic N) is 4. The first-order valence-electron chi connectivity index (χ1n) is 11.4. The third-order valence-electron chi connectivity index (χ3n) is 5.82. The zero-order chi connectivity index (χ0) is 23.3. The molecule has 33 heavy (non-hydrogen) atoms. The van der Waals surface area contributed by atoms with Gasteiger partial charge in [0.15, 0.2) is 5.96 Å². The molecule has 0 spiro atoms. The van der Waals surface area contributed by atoms with Crippen LogP contribution in [0.1, 0.15) is 52.0 Å². The van der Waals surface area contributed by atoms with E-state index in [1.807, 2.05) is 25.7 Å². The Morgan fingerprint density at radius 1 is 1.24 bits per heavy atom. The van der Waals surface area contributed by atoms with Gasteiger partial charge in [0.2, 0.25) is 0 Å². The van der Waals surface area contributed by atoms with Crippen LogP contribution in [-0.4, -0.2) is 65.1 Å². The number of hydrogen-bond donors (Lipinski definition) is 1. The Labute approximate surface area is 213 Å². The fourth-order valence-corrected chi connectivity index (χ4v) is 4.01. The Bertz CT molecular complexity index is 845. The number of carbonyl (C=O) groups is 1. The quantitative estimate of drug-likeness (QED) is 0.178. The standard InChI is InChI=1S/C23H35N5O4.HI/c1-23(2,3)32-22(29)27(16-17-9-10-17)19-11-13-26(14-12-19)21(24-4)25-15-18-7-5-6-8-20(18)28(30)31;/h5-8,17,19H,9-16H2,1-4H3,(H,24,25);1H. The van der Waals surface area contributed by atoms with Crippen molar-refractivity contribution in [2.75, 3.05) is 26.7 Å². The van der Waals surface area contributed by atoms with Crippen molar-refractivity contribution in [2.45, 2.75) is 64.6 Å². The predicted octanol–water partition coefficient (Wildman–Crippen LogP) is 4.40. The van der Waals surface area contributed by atoms with E-state index in [-0.39, 0.29) is 46.7 Å². The van der Waals surface area contributed by atoms with E-state index in [9.17, 15) is 14.9 Å². The molecule has 1 heterocycles. The molecule has 1 saturated heterocycles. The van der Waals surface area contributed by atoms with Crippen LogP contribution in [-0.2, 0) is 11.3 Å². The van der Waals surface area contributed by atoms with Crippen LogP contribution >= 0.6 is 24.0 Å². The summed E-state index contributed by atoms with van der Waals surface area (Å²) in [6.07, 6.45) is 3.80. The lowest BCUT2D eigenvalue weighted by atomic mass is 10.0. The number of nitro benzene ring substituents is 1. The highest BCUT2D eigenvalue weighted by atomic mass is 127. The van der Waals surface area contributed by atoms with Crippen LogP contribution < -0.4 is 5.32 Å². The topological polar surface area (TPSA) is 100 Å². The minimum atomic E-state index is -0.508. The third-order valence-corrected chi connectivity index (χ3v) is 5.82. The van der Waals surface area contributed by atoms with Gasteiger partial charge in [-0.1, -0.05) is 18.2 Å². The van der Waals surface area contributed by atoms with E-state index >= 15 is 0 Å². The lowest BCUT2D eigenvalue weighted by Crippen LogP contribution is -2.52. The highest BCUT2D eigenvalue weighted by Crippen LogP contribution is 2.32. The Kier molecular flexibility index (Phi) is 9.74. The van der Waals surface area contributed by atoms with Gasteiger partial charge in [-0.25, -0.2) is 4.79 Å². The number of hydrogen-bond acceptors (Lipinski definition) is 5. The van der Waals surface area contributed by atoms with E-state index in [2.05, 4.69) is 15.2 Å². The second-order valence-corrected chi connectivity index (χ2v) is 9.58. The van der Waals surface area contributed by atoms with Gasteiger partial charge in [0.05, 0.1) is 4.92 Å². The van der Waals surface area contributed by atoms with Gasteiger partial charge >= 0.3 is 6.09 Å². The number of likely N-dealkylation sites (tertiary alicyclic amines) is 1. The molecule has 3 rings (SSSR count). The maximum absolute atomic E-state index is 12.8. The number of aliphatic imine (C=N–C) groups is 1. The van der Waals surface area contributed by atoms with E-state index in [1.165, 1.54) is 18.9 Å². The highest BCUT2D eigenvalue weighted by Gasteiger charge is 2.35. The van der Waals surface area contributed by atoms with Crippen molar-refractivity contribution in [1.82, 2.24) is 15.1 Å². The van der Waals surface area contributed by atoms with Crippen LogP contribution in [0.4, 0.5) is 10.5 Å². The van der Waals surface area contributed by atoms with Crippen molar-refractivity contribution in [3.8, 4) is 0 Å². The molecule has 9 nitrogen and oxygen atoms in total. The molecule has 0 bridgehead atoms. The van der Waals surface area contributed by atoms with Crippen LogP contribution in [0.3, 0.4) is 0 Å². The average molecular weight is 573 g/mol. The van der Waals surface area contributed by atoms with Crippen LogP contribution in [0.25, 0.3) is 0 Å². The number of ether oxygens (including phenoxy) is 1. The highest BCUT2D eigenvalue weighted by molar-refractivity contribution is 14.0. The molecule has 1 aliphatic carbocycles. The van der Waals surface area contributed by atoms with Crippen molar-refractivity contribution in [3.63, 3.8) is 0 Å². The number of piperidine rings is 1. The number of nitro groups is 1. The molecule has 0 atom stereocenters. The number of halogens is 1. The first-order valence-corrected chi connectivity index (χ1v) is 11.4. The Hall–Kier alpha value is -2.11. The molecule has 0 unspecified atom stereocenters. The van der Waals surface area contributed by atoms with Gasteiger partial charge < -0.3 is 19.9 Å². The summed E-state index contributed by atoms with van der Waals surface area (Å²) in [5, 5.41) is 14.5. The number of carbonyl (C=O) groups excluding carboxylic acids is 1. The van der Waals surface area contributed by atoms with Gasteiger partial charge in [0.1, 0.15) is 5.60 Å². The summed E-state index contributed by atoms with van der Waals surface area (Å²) < 4.78 is 5.68. The average Bonchev–Trinajstić information content (AvgIpc) is 3.56. The second-order valence-electron chi connectivity index (χ2n) is 9.58. The van der Waals surface area contributed by atoms with Gasteiger partial charge in [-0.2, -0.15) is 0 Å². The minimum absolute atomic E-state index is 0. The molecule has 0 aromatic heterocycles. The lowest BCUT2D eigenvalue weighted by Gasteiger charge is -2.40. The van der Waals surface area contributed by atoms with Crippen molar-refractivity contribution in [1.29, 1.82) is 0 Å². The summed E-state index contributed by atoms with van der Waals surface area (Å²) in [6, 6.07) is 6.87. The van der Waals surface area contributed by atoms with Crippen molar-refractivity contribution in [2.24, 2.45) is 10.9 Å². The minimum Gasteiger partial charge on any atom is -0.444 e. The normalized spacial score (nSPS) is 17.2. The number of para-hydroxylation sites is 1. The van der Waals surface area contributed by atoms with Gasteiger partial charge in [-0.15, -0.1) is 24.0 Å². The molecule has 10 heteroatoms. The summed E-state index contributed by atoms with van der Waals surface area (Å²) >= 11 is 0. The molecule has 2 fully saturated rings. The molecular weight excluding hydrogens is 537 g/mol. The number of guanidine groups is 1. The largest absolute Gasteiger partial charge is 0.444 e. The smallest absolute Gasteiger partial charge is 0.410 e. The Morgan fingerprint density at radius 2 is 1.88 bits per heavy atom. The fraction of sp³-hybridized carbons (Fsp3) is 0.652. The molecular formula is C23H36IN5O4. The van der Waals surface area contributed by atoms with E-state index in [0.717, 1.165) is 32.5 Å². The molecule has 2 aliphatic rings. The zero-order valence-electron chi connectivity index (χ0n) is 20.0. The summed E-state index contributed by atoms with van der Waals surface area (Å²) in [4.78, 5) is 32.2. The van der Waals surface area contributed by atoms with Gasteiger partial charge in [-0.3, -0.25) is 15.1 Å². The molecule has 1 amide bonds. The Balaban J connectivity index is 0.00000385. The summed E-state index contributed by atoms with van der Waals surface area (Å²) in [6.45, 7) is 8.30. The SMILES string of the molecule is CN=C(NCc1ccccc1[N+](=O)[O-])N1CCC(N(CC2CC2)C(=O)OC(C)(C)C)CC1.I. The molecule has 1 saturated carbocycles. The summed E-state index contributed by atoms with van der Waals surface area (Å²) in [5.41, 5.74) is 0.210. The lowest BCUT2D eigenvalue weighted by molar-refractivity contribution is -0.385. The van der Waals surface area contributed by atoms with E-state index in [1.54, 1.807) is 25.2 Å². The van der Waals surface area contributed by atoms with Crippen LogP contribution in [0, 0.1) is 16.0 Å². The van der Waals surface area contributed by atoms with Crippen molar-refractivity contribution >= 4 is 41.7 Å². The number of benzene rings is 1. The second kappa shape index (κ2) is 11.8. The number of amides is 1. The summed E-state index contributed by atoms with van der Waals surface area (Å²) in [7, 11) is 1.72. The van der Waals surface area contributed by atoms with E-state index in [0.29, 0.717) is 24.0 Å². The maximum Gasteiger partial charge on any atom is 0.410 e. The van der Waals surface area contributed by atoms with Crippen LogP contribution in [0.15, 0.2) is 29.3 Å². The first-order chi connectivity index (χ1) is 15.2. The molecule has 1 aliphatic heterocycles. The van der Waals surface area contributed by atoms with Gasteiger partial charge in [0.25, 0.3) is 5.69 Å². The molecule has 1 aromatic rings. The van der Waals surface area contributed by atoms with Gasteiger partial charge in [-0.05, 0) is 52.4 Å². The van der Waals surface area contributed by atoms with Crippen LogP contribution in [0.5, 0.6) is 0 Å². The monoisotopic (exact) mass is 573 g/mol. The third kappa shape index (κ3) is 8.01. The molecule has 1 N–H and O–H groups in total. The zero-order valence-corrected chi connectivity index (χ0v) is 22.3. The van der Waals surface area contributed by atoms with E-state index < -0.39 is 5.60 Å². The first kappa shape index (κ1) is 27.1. The van der Waals surface area contributed by atoms with Gasteiger partial charge in [0, 0.05) is 50.9 Å². The molecule has 1 aromatic carbocycles. The van der Waals surface area contributed by atoms with Crippen molar-refractivity contribution < 1.29 is 14.5 Å². The van der Waals surface area contributed by atoms with Crippen LogP contribution in [0.2, 0.25) is 0 Å². The van der Waals surface area contributed by atoms with Crippen molar-refractivity contribution in [3.05, 3.63) is 39.9 Å². The predicted molar refractivity (Wildman–Crippen MR) is 139 cm³/mol. The maximum atomic E-state index is 12.8. The molecule has 0 radical (unpaired) electrons. The Morgan fingerprint density at radius 3 is 2.42 bits per heavy atom.